The molecule has 0 spiro atoms. The minimum Gasteiger partial charge on any atom is -0.481 e. The minimum absolute atomic E-state index is 0.235. The first-order chi connectivity index (χ1) is 16.2. The van der Waals surface area contributed by atoms with Crippen LogP contribution in [0.1, 0.15) is 33.6 Å². The van der Waals surface area contributed by atoms with Crippen LogP contribution in [0.5, 0.6) is 0 Å². The van der Waals surface area contributed by atoms with Crippen molar-refractivity contribution in [3.63, 3.8) is 0 Å². The van der Waals surface area contributed by atoms with Crippen molar-refractivity contribution >= 4 is 29.6 Å². The van der Waals surface area contributed by atoms with Crippen molar-refractivity contribution in [2.24, 2.45) is 5.73 Å². The monoisotopic (exact) mass is 506 g/mol. The average molecular weight is 507 g/mol. The van der Waals surface area contributed by atoms with Crippen LogP contribution in [0, 0.1) is 0 Å². The fraction of sp³-hybridized carbons (Fsp3) is 0.750. The average Bonchev–Trinajstić information content (AvgIpc) is 2.78. The van der Waals surface area contributed by atoms with E-state index in [2.05, 4.69) is 10.6 Å². The van der Waals surface area contributed by atoms with E-state index in [9.17, 15) is 39.3 Å². The Labute approximate surface area is 201 Å². The number of hydrogen-bond donors (Lipinski definition) is 7. The van der Waals surface area contributed by atoms with Gasteiger partial charge in [-0.1, -0.05) is 0 Å². The third kappa shape index (κ3) is 8.40. The van der Waals surface area contributed by atoms with Crippen molar-refractivity contribution in [3.8, 4) is 0 Å². The molecule has 35 heavy (non-hydrogen) atoms. The summed E-state index contributed by atoms with van der Waals surface area (Å²) in [5.41, 5.74) is 5.20. The number of ether oxygens (including phenoxy) is 2. The number of carboxylic acid groups (broad SMARTS) is 1. The van der Waals surface area contributed by atoms with E-state index in [4.69, 9.17) is 20.3 Å². The second-order valence-electron chi connectivity index (χ2n) is 8.23. The number of aliphatic hydroxyl groups excluding tert-OH is 3. The molecule has 0 aromatic heterocycles. The number of rotatable bonds is 12. The van der Waals surface area contributed by atoms with Crippen LogP contribution >= 0.6 is 0 Å². The molecule has 0 unspecified atom stereocenters. The van der Waals surface area contributed by atoms with Crippen LogP contribution < -0.4 is 16.4 Å². The summed E-state index contributed by atoms with van der Waals surface area (Å²) in [5, 5.41) is 43.5. The molecule has 1 fully saturated rings. The van der Waals surface area contributed by atoms with Crippen LogP contribution in [0.2, 0.25) is 0 Å². The molecule has 0 aromatic rings. The molecule has 0 saturated carbocycles. The lowest BCUT2D eigenvalue weighted by molar-refractivity contribution is -0.266. The lowest BCUT2D eigenvalue weighted by Gasteiger charge is -2.43. The smallest absolute Gasteiger partial charge is 0.303 e. The molecule has 8 N–H and O–H groups in total. The number of hydrogen-bond acceptors (Lipinski definition) is 10. The van der Waals surface area contributed by atoms with E-state index in [0.29, 0.717) is 0 Å². The Kier molecular flexibility index (Phi) is 11.5. The number of carbonyl (C=O) groups excluding carboxylic acids is 4. The highest BCUT2D eigenvalue weighted by Crippen LogP contribution is 2.24. The second-order valence-corrected chi connectivity index (χ2v) is 8.23. The Hall–Kier alpha value is -2.85. The Balaban J connectivity index is 2.91. The summed E-state index contributed by atoms with van der Waals surface area (Å²) in [5.74, 6) is -4.20. The quantitative estimate of drug-likeness (QED) is 0.135. The normalized spacial score (nSPS) is 26.7. The van der Waals surface area contributed by atoms with Gasteiger partial charge in [0.15, 0.2) is 6.29 Å². The van der Waals surface area contributed by atoms with E-state index in [1.54, 1.807) is 0 Å². The zero-order valence-electron chi connectivity index (χ0n) is 19.9. The number of carbonyl (C=O) groups is 5. The van der Waals surface area contributed by atoms with Gasteiger partial charge in [-0.05, 0) is 20.3 Å². The molecule has 1 rings (SSSR count). The molecule has 8 atom stereocenters. The van der Waals surface area contributed by atoms with E-state index in [-0.39, 0.29) is 6.42 Å². The van der Waals surface area contributed by atoms with E-state index in [1.165, 1.54) is 20.9 Å². The molecule has 0 aliphatic carbocycles. The first-order valence-electron chi connectivity index (χ1n) is 10.8. The summed E-state index contributed by atoms with van der Waals surface area (Å²) < 4.78 is 10.7. The van der Waals surface area contributed by atoms with Gasteiger partial charge >= 0.3 is 5.97 Å². The van der Waals surface area contributed by atoms with E-state index in [1.807, 2.05) is 0 Å². The zero-order valence-corrected chi connectivity index (χ0v) is 19.9. The standard InChI is InChI=1S/C20H34N4O11/c1-8(18(31)23-11(17(21)30)5-6-13(27)28)24(4)19(32)9(2)34-16-14(22-10(3)26)20(33)35-12(7-25)15(16)29/h8-9,11-12,14-16,20,25,29,33H,5-7H2,1-4H3,(H2,21,30)(H,22,26)(H,23,31)(H,27,28)/t8-,9-,11-,12-,14-,15-,16-,20-/m1/s1. The van der Waals surface area contributed by atoms with E-state index >= 15 is 0 Å². The maximum Gasteiger partial charge on any atom is 0.303 e. The SMILES string of the molecule is CC(=O)N[C@@H]1[C@@H](O[C@H](C)C(=O)N(C)[C@H](C)C(=O)N[C@H](CCC(=O)O)C(N)=O)[C@H](O)[C@@H](CO)O[C@H]1O. The number of likely N-dealkylation sites (N-methyl/N-ethyl adjacent to an activating group) is 1. The Morgan fingerprint density at radius 3 is 2.26 bits per heavy atom. The molecular weight excluding hydrogens is 472 g/mol. The van der Waals surface area contributed by atoms with Gasteiger partial charge in [0.25, 0.3) is 5.91 Å². The van der Waals surface area contributed by atoms with Crippen LogP contribution in [-0.2, 0) is 33.4 Å². The molecule has 1 heterocycles. The van der Waals surface area contributed by atoms with Crippen LogP contribution in [0.4, 0.5) is 0 Å². The Morgan fingerprint density at radius 2 is 1.77 bits per heavy atom. The molecule has 0 aromatic carbocycles. The molecule has 4 amide bonds. The third-order valence-corrected chi connectivity index (χ3v) is 5.57. The summed E-state index contributed by atoms with van der Waals surface area (Å²) in [6.07, 6.45) is -7.72. The number of amides is 4. The Bertz CT molecular complexity index is 795. The first-order valence-corrected chi connectivity index (χ1v) is 10.8. The van der Waals surface area contributed by atoms with Crippen molar-refractivity contribution in [2.45, 2.75) is 82.4 Å². The van der Waals surface area contributed by atoms with Gasteiger partial charge in [0.05, 0.1) is 6.61 Å². The summed E-state index contributed by atoms with van der Waals surface area (Å²) in [7, 11) is 1.28. The number of aliphatic hydroxyl groups is 3. The molecule has 15 nitrogen and oxygen atoms in total. The number of primary amides is 1. The zero-order chi connectivity index (χ0) is 27.0. The second kappa shape index (κ2) is 13.3. The highest BCUT2D eigenvalue weighted by molar-refractivity contribution is 5.92. The van der Waals surface area contributed by atoms with Crippen LogP contribution in [-0.4, -0.2) is 117 Å². The molecule has 1 aliphatic heterocycles. The summed E-state index contributed by atoms with van der Waals surface area (Å²) in [4.78, 5) is 60.2. The van der Waals surface area contributed by atoms with Crippen molar-refractivity contribution in [1.82, 2.24) is 15.5 Å². The fourth-order valence-electron chi connectivity index (χ4n) is 3.43. The predicted molar refractivity (Wildman–Crippen MR) is 116 cm³/mol. The summed E-state index contributed by atoms with van der Waals surface area (Å²) in [6.45, 7) is 3.15. The van der Waals surface area contributed by atoms with Gasteiger partial charge in [0.1, 0.15) is 42.5 Å². The maximum absolute atomic E-state index is 12.9. The molecule has 200 valence electrons. The first kappa shape index (κ1) is 30.2. The van der Waals surface area contributed by atoms with Crippen molar-refractivity contribution in [1.29, 1.82) is 0 Å². The number of aliphatic carboxylic acids is 1. The van der Waals surface area contributed by atoms with Gasteiger partial charge in [0, 0.05) is 20.4 Å². The highest BCUT2D eigenvalue weighted by atomic mass is 16.6. The topological polar surface area (TPSA) is 238 Å². The Morgan fingerprint density at radius 1 is 1.17 bits per heavy atom. The lowest BCUT2D eigenvalue weighted by Crippen LogP contribution is -2.65. The lowest BCUT2D eigenvalue weighted by atomic mass is 9.96. The van der Waals surface area contributed by atoms with Crippen molar-refractivity contribution < 1.29 is 53.9 Å². The fourth-order valence-corrected chi connectivity index (χ4v) is 3.43. The van der Waals surface area contributed by atoms with Gasteiger partial charge in [-0.3, -0.25) is 24.0 Å². The van der Waals surface area contributed by atoms with E-state index in [0.717, 1.165) is 11.8 Å². The number of nitrogens with zero attached hydrogens (tertiary/aromatic N) is 1. The van der Waals surface area contributed by atoms with Crippen molar-refractivity contribution in [3.05, 3.63) is 0 Å². The number of carboxylic acids is 1. The van der Waals surface area contributed by atoms with Crippen molar-refractivity contribution in [2.75, 3.05) is 13.7 Å². The molecule has 0 radical (unpaired) electrons. The highest BCUT2D eigenvalue weighted by Gasteiger charge is 2.47. The van der Waals surface area contributed by atoms with Crippen LogP contribution in [0.25, 0.3) is 0 Å². The van der Waals surface area contributed by atoms with Gasteiger partial charge in [-0.25, -0.2) is 0 Å². The van der Waals surface area contributed by atoms with Gasteiger partial charge in [-0.2, -0.15) is 0 Å². The number of nitrogens with two attached hydrogens (primary N) is 1. The molecule has 1 aliphatic rings. The maximum atomic E-state index is 12.9. The third-order valence-electron chi connectivity index (χ3n) is 5.57. The van der Waals surface area contributed by atoms with Gasteiger partial charge in [-0.15, -0.1) is 0 Å². The van der Waals surface area contributed by atoms with Gasteiger partial charge in [0.2, 0.25) is 17.7 Å². The van der Waals surface area contributed by atoms with Crippen LogP contribution in [0.15, 0.2) is 0 Å². The molecule has 1 saturated heterocycles. The van der Waals surface area contributed by atoms with Crippen LogP contribution in [0.3, 0.4) is 0 Å². The summed E-state index contributed by atoms with van der Waals surface area (Å²) in [6, 6.07) is -3.66. The molecule has 0 bridgehead atoms. The number of nitrogens with one attached hydrogen (secondary N) is 2. The summed E-state index contributed by atoms with van der Waals surface area (Å²) >= 11 is 0. The molecular formula is C20H34N4O11. The van der Waals surface area contributed by atoms with Gasteiger partial charge < -0.3 is 51.2 Å². The largest absolute Gasteiger partial charge is 0.481 e. The predicted octanol–water partition coefficient (Wildman–Crippen LogP) is -3.98. The molecule has 15 heteroatoms. The minimum atomic E-state index is -1.65. The van der Waals surface area contributed by atoms with E-state index < -0.39 is 91.5 Å².